The van der Waals surface area contributed by atoms with Crippen molar-refractivity contribution >= 4 is 34.6 Å². The van der Waals surface area contributed by atoms with Gasteiger partial charge in [0.25, 0.3) is 0 Å². The molecular formula is C15H13ClN4S. The SMILES string of the molecule is NC(=S)N1N=C(c2cccnc2)C[C@@H]1c1ccc(Cl)cc1. The van der Waals surface area contributed by atoms with Gasteiger partial charge in [0.05, 0.1) is 11.8 Å². The summed E-state index contributed by atoms with van der Waals surface area (Å²) >= 11 is 11.1. The minimum absolute atomic E-state index is 0.00465. The Bertz CT molecular complexity index is 685. The molecule has 0 bridgehead atoms. The van der Waals surface area contributed by atoms with E-state index in [9.17, 15) is 0 Å². The van der Waals surface area contributed by atoms with E-state index in [1.165, 1.54) is 0 Å². The highest BCUT2D eigenvalue weighted by molar-refractivity contribution is 7.80. The van der Waals surface area contributed by atoms with E-state index >= 15 is 0 Å². The van der Waals surface area contributed by atoms with Crippen LogP contribution in [0.15, 0.2) is 53.9 Å². The zero-order chi connectivity index (χ0) is 14.8. The molecule has 1 aliphatic rings. The van der Waals surface area contributed by atoms with Gasteiger partial charge in [-0.3, -0.25) is 4.98 Å². The van der Waals surface area contributed by atoms with Gasteiger partial charge in [-0.2, -0.15) is 5.10 Å². The van der Waals surface area contributed by atoms with Crippen molar-refractivity contribution in [3.05, 3.63) is 64.9 Å². The van der Waals surface area contributed by atoms with Crippen molar-refractivity contribution in [2.75, 3.05) is 0 Å². The molecule has 2 N–H and O–H groups in total. The molecule has 4 nitrogen and oxygen atoms in total. The van der Waals surface area contributed by atoms with Crippen molar-refractivity contribution in [1.29, 1.82) is 0 Å². The Morgan fingerprint density at radius 2 is 2.05 bits per heavy atom. The van der Waals surface area contributed by atoms with Crippen LogP contribution >= 0.6 is 23.8 Å². The molecule has 0 radical (unpaired) electrons. The standard InChI is InChI=1S/C15H13ClN4S/c16-12-5-3-10(4-6-12)14-8-13(19-20(14)15(17)21)11-2-1-7-18-9-11/h1-7,9,14H,8H2,(H2,17,21)/t14-/m1/s1. The van der Waals surface area contributed by atoms with Gasteiger partial charge in [-0.15, -0.1) is 0 Å². The quantitative estimate of drug-likeness (QED) is 0.865. The molecule has 0 aliphatic carbocycles. The van der Waals surface area contributed by atoms with Gasteiger partial charge in [-0.05, 0) is 36.0 Å². The first-order valence-corrected chi connectivity index (χ1v) is 7.26. The topological polar surface area (TPSA) is 54.5 Å². The Labute approximate surface area is 133 Å². The van der Waals surface area contributed by atoms with Crippen LogP contribution in [0.1, 0.15) is 23.6 Å². The second-order valence-electron chi connectivity index (χ2n) is 4.74. The number of aromatic nitrogens is 1. The monoisotopic (exact) mass is 316 g/mol. The largest absolute Gasteiger partial charge is 0.375 e. The first-order valence-electron chi connectivity index (χ1n) is 6.47. The van der Waals surface area contributed by atoms with Crippen LogP contribution in [-0.4, -0.2) is 20.8 Å². The van der Waals surface area contributed by atoms with Gasteiger partial charge in [-0.1, -0.05) is 29.8 Å². The average Bonchev–Trinajstić information content (AvgIpc) is 2.94. The Kier molecular flexibility index (Phi) is 3.86. The van der Waals surface area contributed by atoms with E-state index in [1.807, 2.05) is 36.4 Å². The smallest absolute Gasteiger partial charge is 0.187 e. The third kappa shape index (κ3) is 2.89. The van der Waals surface area contributed by atoms with Gasteiger partial charge in [0.1, 0.15) is 0 Å². The lowest BCUT2D eigenvalue weighted by Gasteiger charge is -2.21. The van der Waals surface area contributed by atoms with Crippen molar-refractivity contribution in [3.63, 3.8) is 0 Å². The van der Waals surface area contributed by atoms with E-state index < -0.39 is 0 Å². The molecule has 0 spiro atoms. The first kappa shape index (κ1) is 14.0. The molecule has 1 aromatic carbocycles. The van der Waals surface area contributed by atoms with Crippen LogP contribution < -0.4 is 5.73 Å². The molecule has 2 heterocycles. The lowest BCUT2D eigenvalue weighted by molar-refractivity contribution is 0.373. The van der Waals surface area contributed by atoms with E-state index in [0.29, 0.717) is 5.02 Å². The molecule has 0 saturated heterocycles. The van der Waals surface area contributed by atoms with Gasteiger partial charge in [0.15, 0.2) is 5.11 Å². The molecule has 0 saturated carbocycles. The fourth-order valence-corrected chi connectivity index (χ4v) is 2.66. The van der Waals surface area contributed by atoms with Crippen LogP contribution in [0, 0.1) is 0 Å². The maximum atomic E-state index is 5.94. The fourth-order valence-electron chi connectivity index (χ4n) is 2.37. The number of nitrogens with two attached hydrogens (primary N) is 1. The molecule has 106 valence electrons. The van der Waals surface area contributed by atoms with E-state index in [2.05, 4.69) is 10.1 Å². The predicted octanol–water partition coefficient (Wildman–Crippen LogP) is 3.13. The van der Waals surface area contributed by atoms with Crippen LogP contribution in [0.5, 0.6) is 0 Å². The van der Waals surface area contributed by atoms with Crippen molar-refractivity contribution in [1.82, 2.24) is 9.99 Å². The summed E-state index contributed by atoms with van der Waals surface area (Å²) in [5.41, 5.74) is 8.79. The second kappa shape index (κ2) is 5.79. The highest BCUT2D eigenvalue weighted by Crippen LogP contribution is 2.32. The normalized spacial score (nSPS) is 17.7. The Morgan fingerprint density at radius 3 is 2.67 bits per heavy atom. The number of hydrazone groups is 1. The van der Waals surface area contributed by atoms with Crippen LogP contribution in [-0.2, 0) is 0 Å². The van der Waals surface area contributed by atoms with Crippen LogP contribution in [0.3, 0.4) is 0 Å². The lowest BCUT2D eigenvalue weighted by atomic mass is 9.99. The number of halogens is 1. The number of thiocarbonyl (C=S) groups is 1. The highest BCUT2D eigenvalue weighted by atomic mass is 35.5. The van der Waals surface area contributed by atoms with Gasteiger partial charge in [0.2, 0.25) is 0 Å². The molecule has 2 aromatic rings. The molecule has 3 rings (SSSR count). The summed E-state index contributed by atoms with van der Waals surface area (Å²) < 4.78 is 0. The van der Waals surface area contributed by atoms with E-state index in [-0.39, 0.29) is 11.2 Å². The van der Waals surface area contributed by atoms with Crippen LogP contribution in [0.25, 0.3) is 0 Å². The summed E-state index contributed by atoms with van der Waals surface area (Å²) in [5.74, 6) is 0. The number of nitrogens with zero attached hydrogens (tertiary/aromatic N) is 3. The third-order valence-electron chi connectivity index (χ3n) is 3.39. The molecule has 1 aromatic heterocycles. The van der Waals surface area contributed by atoms with Gasteiger partial charge in [-0.25, -0.2) is 5.01 Å². The van der Waals surface area contributed by atoms with Crippen molar-refractivity contribution in [2.45, 2.75) is 12.5 Å². The van der Waals surface area contributed by atoms with Crippen molar-refractivity contribution in [2.24, 2.45) is 10.8 Å². The minimum atomic E-state index is -0.00465. The van der Waals surface area contributed by atoms with Crippen molar-refractivity contribution in [3.8, 4) is 0 Å². The molecule has 0 fully saturated rings. The molecule has 21 heavy (non-hydrogen) atoms. The van der Waals surface area contributed by atoms with Crippen molar-refractivity contribution < 1.29 is 0 Å². The molecule has 1 atom stereocenters. The van der Waals surface area contributed by atoms with E-state index in [0.717, 1.165) is 23.3 Å². The minimum Gasteiger partial charge on any atom is -0.375 e. The molecule has 1 aliphatic heterocycles. The van der Waals surface area contributed by atoms with Gasteiger partial charge < -0.3 is 5.73 Å². The van der Waals surface area contributed by atoms with Gasteiger partial charge >= 0.3 is 0 Å². The molecular weight excluding hydrogens is 304 g/mol. The summed E-state index contributed by atoms with van der Waals surface area (Å²) in [7, 11) is 0. The number of rotatable bonds is 2. The maximum Gasteiger partial charge on any atom is 0.187 e. The number of hydrogen-bond acceptors (Lipinski definition) is 3. The summed E-state index contributed by atoms with van der Waals surface area (Å²) in [6.45, 7) is 0. The number of benzene rings is 1. The highest BCUT2D eigenvalue weighted by Gasteiger charge is 2.30. The fraction of sp³-hybridized carbons (Fsp3) is 0.133. The predicted molar refractivity (Wildman–Crippen MR) is 88.2 cm³/mol. The number of hydrogen-bond donors (Lipinski definition) is 1. The second-order valence-corrected chi connectivity index (χ2v) is 5.60. The Hall–Kier alpha value is -1.98. The average molecular weight is 317 g/mol. The first-order chi connectivity index (χ1) is 10.1. The Balaban J connectivity index is 1.93. The zero-order valence-electron chi connectivity index (χ0n) is 11.1. The summed E-state index contributed by atoms with van der Waals surface area (Å²) in [6.07, 6.45) is 4.26. The summed E-state index contributed by atoms with van der Waals surface area (Å²) in [4.78, 5) is 4.13. The molecule has 0 amide bonds. The maximum absolute atomic E-state index is 5.94. The summed E-state index contributed by atoms with van der Waals surface area (Å²) in [5, 5.41) is 7.19. The zero-order valence-corrected chi connectivity index (χ0v) is 12.7. The van der Waals surface area contributed by atoms with E-state index in [4.69, 9.17) is 29.6 Å². The molecule has 0 unspecified atom stereocenters. The molecule has 6 heteroatoms. The van der Waals surface area contributed by atoms with Crippen LogP contribution in [0.4, 0.5) is 0 Å². The lowest BCUT2D eigenvalue weighted by Crippen LogP contribution is -2.31. The Morgan fingerprint density at radius 1 is 1.29 bits per heavy atom. The van der Waals surface area contributed by atoms with E-state index in [1.54, 1.807) is 17.4 Å². The summed E-state index contributed by atoms with van der Waals surface area (Å²) in [6, 6.07) is 11.5. The van der Waals surface area contributed by atoms with Gasteiger partial charge in [0, 0.05) is 29.4 Å². The number of pyridine rings is 1. The third-order valence-corrected chi connectivity index (χ3v) is 3.82. The van der Waals surface area contributed by atoms with Crippen LogP contribution in [0.2, 0.25) is 5.02 Å².